The van der Waals surface area contributed by atoms with Crippen LogP contribution in [0.4, 0.5) is 0 Å². The molecule has 11 heavy (non-hydrogen) atoms. The summed E-state index contributed by atoms with van der Waals surface area (Å²) in [6.07, 6.45) is 0. The van der Waals surface area contributed by atoms with E-state index in [4.69, 9.17) is 0 Å². The quantitative estimate of drug-likeness (QED) is 0.617. The van der Waals surface area contributed by atoms with Crippen LogP contribution in [0.5, 0.6) is 0 Å². The zero-order valence-corrected chi connectivity index (χ0v) is 7.86. The zero-order chi connectivity index (χ0) is 9.12. The Morgan fingerprint density at radius 2 is 1.82 bits per heavy atom. The summed E-state index contributed by atoms with van der Waals surface area (Å²) in [6, 6.07) is 0. The van der Waals surface area contributed by atoms with Gasteiger partial charge in [-0.25, -0.2) is 8.42 Å². The van der Waals surface area contributed by atoms with E-state index >= 15 is 0 Å². The van der Waals surface area contributed by atoms with E-state index in [0.717, 1.165) is 0 Å². The summed E-state index contributed by atoms with van der Waals surface area (Å²) < 4.78 is 30.4. The molecule has 0 aliphatic carbocycles. The smallest absolute Gasteiger partial charge is 0.0958 e. The first kappa shape index (κ1) is 10.9. The highest BCUT2D eigenvalue weighted by Crippen LogP contribution is 1.97. The van der Waals surface area contributed by atoms with E-state index in [9.17, 15) is 13.0 Å². The van der Waals surface area contributed by atoms with Gasteiger partial charge in [0.1, 0.15) is 0 Å². The molecule has 5 heteroatoms. The van der Waals surface area contributed by atoms with Gasteiger partial charge in [0.15, 0.2) is 0 Å². The van der Waals surface area contributed by atoms with Crippen molar-refractivity contribution in [3.05, 3.63) is 0 Å². The molecule has 0 aliphatic rings. The average molecular weight is 180 g/mol. The van der Waals surface area contributed by atoms with Crippen molar-refractivity contribution in [3.63, 3.8) is 0 Å². The molecule has 0 bridgehead atoms. The molecule has 0 unspecified atom stereocenters. The maximum Gasteiger partial charge on any atom is 0.0958 e. The Bertz CT molecular complexity index is 202. The van der Waals surface area contributed by atoms with E-state index < -0.39 is 10.1 Å². The maximum absolute atomic E-state index is 10.1. The SMILES string of the molecule is CC(C)(C)NCCS(=O)(=O)[O-]. The first-order chi connectivity index (χ1) is 4.71. The van der Waals surface area contributed by atoms with E-state index in [1.807, 2.05) is 20.8 Å². The van der Waals surface area contributed by atoms with Crippen LogP contribution in [-0.2, 0) is 10.1 Å². The fourth-order valence-electron chi connectivity index (χ4n) is 0.551. The first-order valence-electron chi connectivity index (χ1n) is 3.39. The molecule has 0 aromatic heterocycles. The van der Waals surface area contributed by atoms with Gasteiger partial charge in [-0.3, -0.25) is 0 Å². The lowest BCUT2D eigenvalue weighted by atomic mass is 10.1. The topological polar surface area (TPSA) is 69.2 Å². The average Bonchev–Trinajstić information content (AvgIpc) is 1.55. The Morgan fingerprint density at radius 1 is 1.36 bits per heavy atom. The summed E-state index contributed by atoms with van der Waals surface area (Å²) in [5.41, 5.74) is -0.134. The predicted octanol–water partition coefficient (Wildman–Crippen LogP) is -0.0803. The van der Waals surface area contributed by atoms with Crippen molar-refractivity contribution in [1.29, 1.82) is 0 Å². The normalized spacial score (nSPS) is 13.5. The van der Waals surface area contributed by atoms with Crippen molar-refractivity contribution in [2.24, 2.45) is 0 Å². The van der Waals surface area contributed by atoms with E-state index in [1.165, 1.54) is 0 Å². The van der Waals surface area contributed by atoms with Crippen LogP contribution in [0.2, 0.25) is 0 Å². The largest absolute Gasteiger partial charge is 0.748 e. The molecule has 0 aromatic carbocycles. The van der Waals surface area contributed by atoms with E-state index in [2.05, 4.69) is 5.32 Å². The highest BCUT2D eigenvalue weighted by atomic mass is 32.2. The molecule has 0 aliphatic heterocycles. The summed E-state index contributed by atoms with van der Waals surface area (Å²) in [5.74, 6) is -0.343. The summed E-state index contributed by atoms with van der Waals surface area (Å²) in [4.78, 5) is 0. The summed E-state index contributed by atoms with van der Waals surface area (Å²) >= 11 is 0. The molecular formula is C6H14NO3S-. The molecule has 4 nitrogen and oxygen atoms in total. The first-order valence-corrected chi connectivity index (χ1v) is 4.97. The minimum absolute atomic E-state index is 0.134. The number of rotatable bonds is 3. The lowest BCUT2D eigenvalue weighted by Gasteiger charge is -2.20. The zero-order valence-electron chi connectivity index (χ0n) is 7.05. The Balaban J connectivity index is 3.61. The third-order valence-corrected chi connectivity index (χ3v) is 1.71. The highest BCUT2D eigenvalue weighted by Gasteiger charge is 2.07. The molecule has 0 fully saturated rings. The third kappa shape index (κ3) is 9.87. The van der Waals surface area contributed by atoms with Crippen LogP contribution >= 0.6 is 0 Å². The van der Waals surface area contributed by atoms with Gasteiger partial charge in [0.2, 0.25) is 0 Å². The second-order valence-electron chi connectivity index (χ2n) is 3.44. The van der Waals surface area contributed by atoms with Crippen LogP contribution in [0.25, 0.3) is 0 Å². The molecule has 0 atom stereocenters. The van der Waals surface area contributed by atoms with Crippen molar-refractivity contribution in [1.82, 2.24) is 5.32 Å². The Kier molecular flexibility index (Phi) is 3.47. The van der Waals surface area contributed by atoms with Gasteiger partial charge < -0.3 is 9.87 Å². The molecule has 0 saturated carbocycles. The molecular weight excluding hydrogens is 166 g/mol. The predicted molar refractivity (Wildman–Crippen MR) is 42.3 cm³/mol. The standard InChI is InChI=1S/C6H15NO3S/c1-6(2,3)7-4-5-11(8,9)10/h7H,4-5H2,1-3H3,(H,8,9,10)/p-1. The van der Waals surface area contributed by atoms with Crippen molar-refractivity contribution < 1.29 is 13.0 Å². The summed E-state index contributed by atoms with van der Waals surface area (Å²) in [5, 5.41) is 2.90. The summed E-state index contributed by atoms with van der Waals surface area (Å²) in [7, 11) is -4.06. The van der Waals surface area contributed by atoms with Gasteiger partial charge in [0.25, 0.3) is 0 Å². The van der Waals surface area contributed by atoms with Gasteiger partial charge >= 0.3 is 0 Å². The third-order valence-electron chi connectivity index (χ3n) is 1.01. The van der Waals surface area contributed by atoms with Crippen molar-refractivity contribution >= 4 is 10.1 Å². The fraction of sp³-hybridized carbons (Fsp3) is 1.00. The van der Waals surface area contributed by atoms with E-state index in [-0.39, 0.29) is 17.8 Å². The highest BCUT2D eigenvalue weighted by molar-refractivity contribution is 7.85. The van der Waals surface area contributed by atoms with E-state index in [1.54, 1.807) is 0 Å². The lowest BCUT2D eigenvalue weighted by Crippen LogP contribution is -2.38. The molecule has 0 aromatic rings. The Hall–Kier alpha value is -0.130. The van der Waals surface area contributed by atoms with Gasteiger partial charge in [-0.15, -0.1) is 0 Å². The van der Waals surface area contributed by atoms with Gasteiger partial charge in [-0.1, -0.05) is 0 Å². The monoisotopic (exact) mass is 180 g/mol. The van der Waals surface area contributed by atoms with Gasteiger partial charge in [0.05, 0.1) is 15.9 Å². The molecule has 0 heterocycles. The summed E-state index contributed by atoms with van der Waals surface area (Å²) in [6.45, 7) is 5.94. The van der Waals surface area contributed by atoms with Crippen LogP contribution in [-0.4, -0.2) is 30.8 Å². The lowest BCUT2D eigenvalue weighted by molar-refractivity contribution is 0.426. The number of nitrogens with one attached hydrogen (secondary N) is 1. The Morgan fingerprint density at radius 3 is 2.09 bits per heavy atom. The van der Waals surface area contributed by atoms with Crippen molar-refractivity contribution in [2.75, 3.05) is 12.3 Å². The van der Waals surface area contributed by atoms with Gasteiger partial charge in [-0.05, 0) is 20.8 Å². The number of hydrogen-bond donors (Lipinski definition) is 1. The minimum Gasteiger partial charge on any atom is -0.748 e. The second kappa shape index (κ2) is 3.51. The maximum atomic E-state index is 10.1. The Labute approximate surface area is 67.7 Å². The molecule has 0 rings (SSSR count). The molecule has 0 amide bonds. The van der Waals surface area contributed by atoms with Crippen LogP contribution in [0.15, 0.2) is 0 Å². The molecule has 1 N–H and O–H groups in total. The van der Waals surface area contributed by atoms with Crippen LogP contribution in [0.1, 0.15) is 20.8 Å². The van der Waals surface area contributed by atoms with Gasteiger partial charge in [0, 0.05) is 12.1 Å². The fourth-order valence-corrected chi connectivity index (χ4v) is 0.903. The molecule has 0 radical (unpaired) electrons. The molecule has 0 spiro atoms. The van der Waals surface area contributed by atoms with Crippen molar-refractivity contribution in [3.8, 4) is 0 Å². The number of hydrogen-bond acceptors (Lipinski definition) is 4. The molecule has 68 valence electrons. The van der Waals surface area contributed by atoms with Crippen LogP contribution < -0.4 is 5.32 Å². The van der Waals surface area contributed by atoms with Crippen molar-refractivity contribution in [2.45, 2.75) is 26.3 Å². The second-order valence-corrected chi connectivity index (χ2v) is 4.96. The molecule has 0 saturated heterocycles. The van der Waals surface area contributed by atoms with Gasteiger partial charge in [-0.2, -0.15) is 0 Å². The minimum atomic E-state index is -4.06. The van der Waals surface area contributed by atoms with E-state index in [0.29, 0.717) is 0 Å². The van der Waals surface area contributed by atoms with Crippen LogP contribution in [0.3, 0.4) is 0 Å². The van der Waals surface area contributed by atoms with Crippen LogP contribution in [0, 0.1) is 0 Å².